The SMILES string of the molecule is CSCC[C@H](NC(=O)c1ccc(C=C(Cn2ccnc2)c2ccc(F)cc2)cc1-c1ccc(F)cc1)C(N)=O. The van der Waals surface area contributed by atoms with Crippen LogP contribution in [0.3, 0.4) is 0 Å². The molecule has 0 bridgehead atoms. The topological polar surface area (TPSA) is 90.0 Å². The fraction of sp³-hybridized carbons (Fsp3) is 0.167. The molecule has 0 aliphatic heterocycles. The molecule has 1 aromatic heterocycles. The van der Waals surface area contributed by atoms with E-state index in [1.807, 2.05) is 29.2 Å². The standard InChI is InChI=1S/C30H28F2N4O2S/c1-39-15-12-28(29(33)37)35-30(38)26-11-2-20(17-27(26)22-5-9-25(32)10-6-22)16-23(18-36-14-13-34-19-36)21-3-7-24(31)8-4-21/h2-11,13-14,16-17,19,28H,12,15,18H2,1H3,(H2,33,37)(H,35,38)/t28-/m0/s1. The van der Waals surface area contributed by atoms with Gasteiger partial charge >= 0.3 is 0 Å². The van der Waals surface area contributed by atoms with Crippen LogP contribution in [0.15, 0.2) is 85.5 Å². The lowest BCUT2D eigenvalue weighted by Gasteiger charge is -2.17. The molecule has 0 aliphatic carbocycles. The summed E-state index contributed by atoms with van der Waals surface area (Å²) in [7, 11) is 0. The van der Waals surface area contributed by atoms with Crippen molar-refractivity contribution in [1.29, 1.82) is 0 Å². The molecule has 4 aromatic rings. The highest BCUT2D eigenvalue weighted by atomic mass is 32.2. The largest absolute Gasteiger partial charge is 0.368 e. The van der Waals surface area contributed by atoms with Crippen LogP contribution in [-0.2, 0) is 11.3 Å². The molecular weight excluding hydrogens is 518 g/mol. The first-order valence-corrected chi connectivity index (χ1v) is 13.6. The number of halogens is 2. The molecule has 0 saturated heterocycles. The second-order valence-corrected chi connectivity index (χ2v) is 9.92. The average Bonchev–Trinajstić information content (AvgIpc) is 3.44. The molecule has 0 spiro atoms. The normalized spacial score (nSPS) is 12.2. The first kappa shape index (κ1) is 27.8. The number of nitrogens with one attached hydrogen (secondary N) is 1. The van der Waals surface area contributed by atoms with Gasteiger partial charge in [0, 0.05) is 24.5 Å². The molecule has 9 heteroatoms. The van der Waals surface area contributed by atoms with E-state index in [0.29, 0.717) is 35.4 Å². The third-order valence-corrected chi connectivity index (χ3v) is 6.81. The van der Waals surface area contributed by atoms with Crippen molar-refractivity contribution in [3.05, 3.63) is 114 Å². The second kappa shape index (κ2) is 13.0. The number of rotatable bonds is 11. The Bertz CT molecular complexity index is 1450. The van der Waals surface area contributed by atoms with Gasteiger partial charge in [-0.1, -0.05) is 30.3 Å². The van der Waals surface area contributed by atoms with Crippen LogP contribution in [0, 0.1) is 11.6 Å². The molecule has 0 saturated carbocycles. The molecule has 1 heterocycles. The molecular formula is C30H28F2N4O2S. The minimum absolute atomic E-state index is 0.326. The van der Waals surface area contributed by atoms with Gasteiger partial charge in [-0.05, 0) is 88.7 Å². The van der Waals surface area contributed by atoms with Gasteiger partial charge in [0.1, 0.15) is 17.7 Å². The summed E-state index contributed by atoms with van der Waals surface area (Å²) in [4.78, 5) is 29.4. The zero-order chi connectivity index (χ0) is 27.8. The Morgan fingerprint density at radius 3 is 2.36 bits per heavy atom. The third-order valence-electron chi connectivity index (χ3n) is 6.17. The zero-order valence-corrected chi connectivity index (χ0v) is 22.1. The van der Waals surface area contributed by atoms with E-state index in [9.17, 15) is 18.4 Å². The summed E-state index contributed by atoms with van der Waals surface area (Å²) in [5, 5.41) is 2.75. The smallest absolute Gasteiger partial charge is 0.252 e. The Morgan fingerprint density at radius 1 is 1.05 bits per heavy atom. The van der Waals surface area contributed by atoms with Crippen molar-refractivity contribution in [3.8, 4) is 11.1 Å². The molecule has 0 radical (unpaired) electrons. The van der Waals surface area contributed by atoms with Gasteiger partial charge < -0.3 is 15.6 Å². The third kappa shape index (κ3) is 7.42. The predicted molar refractivity (Wildman–Crippen MR) is 152 cm³/mol. The Morgan fingerprint density at radius 2 is 1.74 bits per heavy atom. The number of hydrogen-bond donors (Lipinski definition) is 2. The fourth-order valence-electron chi connectivity index (χ4n) is 4.14. The number of imidazole rings is 1. The highest BCUT2D eigenvalue weighted by molar-refractivity contribution is 7.98. The van der Waals surface area contributed by atoms with E-state index >= 15 is 0 Å². The number of aromatic nitrogens is 2. The van der Waals surface area contributed by atoms with E-state index in [0.717, 1.165) is 16.7 Å². The van der Waals surface area contributed by atoms with Crippen LogP contribution >= 0.6 is 11.8 Å². The number of hydrogen-bond acceptors (Lipinski definition) is 4. The van der Waals surface area contributed by atoms with E-state index in [-0.39, 0.29) is 5.82 Å². The number of amides is 2. The van der Waals surface area contributed by atoms with E-state index in [1.165, 1.54) is 24.3 Å². The summed E-state index contributed by atoms with van der Waals surface area (Å²) >= 11 is 1.55. The number of allylic oxidation sites excluding steroid dienone is 1. The summed E-state index contributed by atoms with van der Waals surface area (Å²) in [6, 6.07) is 16.6. The Balaban J connectivity index is 1.76. The summed E-state index contributed by atoms with van der Waals surface area (Å²) in [6.45, 7) is 0.482. The van der Waals surface area contributed by atoms with Gasteiger partial charge in [0.25, 0.3) is 5.91 Å². The van der Waals surface area contributed by atoms with Crippen LogP contribution in [0.1, 0.15) is 27.9 Å². The predicted octanol–water partition coefficient (Wildman–Crippen LogP) is 5.41. The average molecular weight is 547 g/mol. The summed E-state index contributed by atoms with van der Waals surface area (Å²) < 4.78 is 29.2. The molecule has 0 fully saturated rings. The maximum Gasteiger partial charge on any atom is 0.252 e. The molecule has 3 N–H and O–H groups in total. The van der Waals surface area contributed by atoms with Crippen molar-refractivity contribution >= 4 is 35.2 Å². The van der Waals surface area contributed by atoms with Crippen molar-refractivity contribution in [1.82, 2.24) is 14.9 Å². The molecule has 6 nitrogen and oxygen atoms in total. The molecule has 39 heavy (non-hydrogen) atoms. The lowest BCUT2D eigenvalue weighted by Crippen LogP contribution is -2.44. The highest BCUT2D eigenvalue weighted by Crippen LogP contribution is 2.29. The van der Waals surface area contributed by atoms with Crippen molar-refractivity contribution in [2.75, 3.05) is 12.0 Å². The Labute approximate surface area is 230 Å². The zero-order valence-electron chi connectivity index (χ0n) is 21.3. The van der Waals surface area contributed by atoms with E-state index in [4.69, 9.17) is 5.73 Å². The lowest BCUT2D eigenvalue weighted by molar-refractivity contribution is -0.119. The van der Waals surface area contributed by atoms with E-state index < -0.39 is 23.7 Å². The van der Waals surface area contributed by atoms with E-state index in [1.54, 1.807) is 60.7 Å². The maximum absolute atomic E-state index is 13.7. The number of carbonyl (C=O) groups is 2. The van der Waals surface area contributed by atoms with Crippen LogP contribution in [0.4, 0.5) is 8.78 Å². The van der Waals surface area contributed by atoms with Gasteiger partial charge in [-0.25, -0.2) is 13.8 Å². The van der Waals surface area contributed by atoms with Crippen molar-refractivity contribution in [3.63, 3.8) is 0 Å². The monoisotopic (exact) mass is 546 g/mol. The molecule has 0 unspecified atom stereocenters. The van der Waals surface area contributed by atoms with Crippen LogP contribution in [0.2, 0.25) is 0 Å². The lowest BCUT2D eigenvalue weighted by atomic mass is 9.94. The van der Waals surface area contributed by atoms with Crippen LogP contribution in [0.25, 0.3) is 22.8 Å². The number of thioether (sulfide) groups is 1. The van der Waals surface area contributed by atoms with Gasteiger partial charge in [0.05, 0.1) is 6.33 Å². The number of carbonyl (C=O) groups excluding carboxylic acids is 2. The molecule has 1 atom stereocenters. The van der Waals surface area contributed by atoms with Crippen molar-refractivity contribution in [2.45, 2.75) is 19.0 Å². The van der Waals surface area contributed by atoms with Gasteiger partial charge in [-0.15, -0.1) is 0 Å². The number of primary amides is 1. The Kier molecular flexibility index (Phi) is 9.27. The Hall–Kier alpha value is -4.24. The van der Waals surface area contributed by atoms with Gasteiger partial charge in [0.15, 0.2) is 0 Å². The number of nitrogens with zero attached hydrogens (tertiary/aromatic N) is 2. The minimum Gasteiger partial charge on any atom is -0.368 e. The first-order chi connectivity index (χ1) is 18.8. The highest BCUT2D eigenvalue weighted by Gasteiger charge is 2.21. The van der Waals surface area contributed by atoms with Gasteiger partial charge in [-0.2, -0.15) is 11.8 Å². The molecule has 200 valence electrons. The maximum atomic E-state index is 13.7. The van der Waals surface area contributed by atoms with Gasteiger partial charge in [-0.3, -0.25) is 9.59 Å². The molecule has 2 amide bonds. The fourth-order valence-corrected chi connectivity index (χ4v) is 4.61. The van der Waals surface area contributed by atoms with Crippen LogP contribution in [-0.4, -0.2) is 39.4 Å². The summed E-state index contributed by atoms with van der Waals surface area (Å²) in [6.07, 6.45) is 9.48. The van der Waals surface area contributed by atoms with E-state index in [2.05, 4.69) is 10.3 Å². The molecule has 3 aromatic carbocycles. The first-order valence-electron chi connectivity index (χ1n) is 12.3. The summed E-state index contributed by atoms with van der Waals surface area (Å²) in [5.41, 5.74) is 9.55. The minimum atomic E-state index is -0.814. The quantitative estimate of drug-likeness (QED) is 0.246. The molecule has 0 aliphatic rings. The van der Waals surface area contributed by atoms with Crippen LogP contribution in [0.5, 0.6) is 0 Å². The number of benzene rings is 3. The molecule has 4 rings (SSSR count). The van der Waals surface area contributed by atoms with Crippen LogP contribution < -0.4 is 11.1 Å². The van der Waals surface area contributed by atoms with Gasteiger partial charge in [0.2, 0.25) is 5.91 Å². The summed E-state index contributed by atoms with van der Waals surface area (Å²) in [5.74, 6) is -1.13. The van der Waals surface area contributed by atoms with Crippen molar-refractivity contribution < 1.29 is 18.4 Å². The second-order valence-electron chi connectivity index (χ2n) is 8.93. The van der Waals surface area contributed by atoms with Crippen molar-refractivity contribution in [2.24, 2.45) is 5.73 Å². The number of nitrogens with two attached hydrogens (primary N) is 1.